The maximum atomic E-state index is 11.0. The number of nitro groups is 1. The average Bonchev–Trinajstić information content (AvgIpc) is 2.42. The van der Waals surface area contributed by atoms with Crippen molar-refractivity contribution in [3.05, 3.63) is 62.1 Å². The molecule has 2 rings (SSSR count). The van der Waals surface area contributed by atoms with Gasteiger partial charge in [-0.05, 0) is 29.8 Å². The van der Waals surface area contributed by atoms with E-state index in [1.165, 1.54) is 18.2 Å². The minimum atomic E-state index is -0.554. The predicted molar refractivity (Wildman–Crippen MR) is 82.3 cm³/mol. The summed E-state index contributed by atoms with van der Waals surface area (Å²) in [5.41, 5.74) is 0.770. The van der Waals surface area contributed by atoms with Crippen molar-refractivity contribution in [3.63, 3.8) is 0 Å². The molecule has 0 saturated heterocycles. The van der Waals surface area contributed by atoms with E-state index in [9.17, 15) is 10.1 Å². The van der Waals surface area contributed by atoms with E-state index in [1.807, 2.05) is 6.07 Å². The smallest absolute Gasteiger partial charge is 0.313 e. The monoisotopic (exact) mass is 375 g/mol. The summed E-state index contributed by atoms with van der Waals surface area (Å²) >= 11 is 15.1. The minimum Gasteiger partial charge on any atom is -0.449 e. The maximum Gasteiger partial charge on any atom is 0.313 e. The standard InChI is InChI=1S/C13H8BrCl2NO3/c14-7-8-1-3-12(10(16)5-8)20-13-4-2-9(15)6-11(13)17(18)19/h1-6H,7H2. The lowest BCUT2D eigenvalue weighted by molar-refractivity contribution is -0.385. The van der Waals surface area contributed by atoms with Gasteiger partial charge in [0.15, 0.2) is 0 Å². The molecule has 0 aliphatic carbocycles. The Morgan fingerprint density at radius 1 is 1.15 bits per heavy atom. The Hall–Kier alpha value is -1.30. The van der Waals surface area contributed by atoms with E-state index in [0.29, 0.717) is 16.1 Å². The number of nitro benzene ring substituents is 1. The van der Waals surface area contributed by atoms with Gasteiger partial charge in [-0.3, -0.25) is 10.1 Å². The van der Waals surface area contributed by atoms with Crippen molar-refractivity contribution in [3.8, 4) is 11.5 Å². The first-order valence-electron chi connectivity index (χ1n) is 5.47. The largest absolute Gasteiger partial charge is 0.449 e. The molecule has 0 atom stereocenters. The fraction of sp³-hybridized carbons (Fsp3) is 0.0769. The third kappa shape index (κ3) is 3.42. The number of hydrogen-bond donors (Lipinski definition) is 0. The van der Waals surface area contributed by atoms with Crippen LogP contribution >= 0.6 is 39.1 Å². The first kappa shape index (κ1) is 15.1. The van der Waals surface area contributed by atoms with Crippen LogP contribution in [0.5, 0.6) is 11.5 Å². The molecule has 0 spiro atoms. The Labute approximate surface area is 133 Å². The summed E-state index contributed by atoms with van der Waals surface area (Å²) in [6, 6.07) is 9.40. The van der Waals surface area contributed by atoms with Gasteiger partial charge in [-0.15, -0.1) is 0 Å². The molecule has 0 aliphatic heterocycles. The summed E-state index contributed by atoms with van der Waals surface area (Å²) in [6.07, 6.45) is 0. The van der Waals surface area contributed by atoms with Gasteiger partial charge in [-0.1, -0.05) is 45.2 Å². The zero-order chi connectivity index (χ0) is 14.7. The van der Waals surface area contributed by atoms with Crippen LogP contribution in [-0.2, 0) is 5.33 Å². The van der Waals surface area contributed by atoms with Crippen molar-refractivity contribution in [2.45, 2.75) is 5.33 Å². The van der Waals surface area contributed by atoms with Gasteiger partial charge in [0.1, 0.15) is 5.75 Å². The van der Waals surface area contributed by atoms with Gasteiger partial charge in [0.05, 0.1) is 9.95 Å². The van der Waals surface area contributed by atoms with E-state index in [4.69, 9.17) is 27.9 Å². The van der Waals surface area contributed by atoms with Crippen LogP contribution in [0.25, 0.3) is 0 Å². The van der Waals surface area contributed by atoms with Gasteiger partial charge in [-0.2, -0.15) is 0 Å². The van der Waals surface area contributed by atoms with Crippen LogP contribution in [0.2, 0.25) is 10.0 Å². The molecule has 0 aromatic heterocycles. The molecule has 2 aromatic rings. The Kier molecular flexibility index (Phi) is 4.86. The first-order valence-corrected chi connectivity index (χ1v) is 7.35. The number of halogens is 3. The molecule has 0 radical (unpaired) electrons. The van der Waals surface area contributed by atoms with Gasteiger partial charge in [-0.25, -0.2) is 0 Å². The molecule has 0 bridgehead atoms. The van der Waals surface area contributed by atoms with Crippen LogP contribution in [0.1, 0.15) is 5.56 Å². The summed E-state index contributed by atoms with van der Waals surface area (Å²) in [7, 11) is 0. The predicted octanol–water partition coefficient (Wildman–Crippen LogP) is 5.59. The molecule has 2 aromatic carbocycles. The molecule has 7 heteroatoms. The van der Waals surface area contributed by atoms with Crippen LogP contribution in [0, 0.1) is 10.1 Å². The molecule has 0 fully saturated rings. The summed E-state index contributed by atoms with van der Waals surface area (Å²) in [5.74, 6) is 0.440. The second-order valence-electron chi connectivity index (χ2n) is 3.87. The molecular formula is C13H8BrCl2NO3. The molecule has 4 nitrogen and oxygen atoms in total. The Morgan fingerprint density at radius 2 is 1.85 bits per heavy atom. The van der Waals surface area contributed by atoms with Gasteiger partial charge in [0, 0.05) is 16.4 Å². The number of nitrogens with zero attached hydrogens (tertiary/aromatic N) is 1. The molecule has 0 N–H and O–H groups in total. The average molecular weight is 377 g/mol. The van der Waals surface area contributed by atoms with E-state index in [0.717, 1.165) is 5.56 Å². The Morgan fingerprint density at radius 3 is 2.45 bits per heavy atom. The highest BCUT2D eigenvalue weighted by molar-refractivity contribution is 9.08. The Bertz CT molecular complexity index is 664. The zero-order valence-electron chi connectivity index (χ0n) is 9.98. The fourth-order valence-electron chi connectivity index (χ4n) is 1.55. The van der Waals surface area contributed by atoms with Crippen molar-refractivity contribution in [1.29, 1.82) is 0 Å². The van der Waals surface area contributed by atoms with Crippen molar-refractivity contribution >= 4 is 44.8 Å². The zero-order valence-corrected chi connectivity index (χ0v) is 13.1. The Balaban J connectivity index is 2.37. The van der Waals surface area contributed by atoms with E-state index in [1.54, 1.807) is 12.1 Å². The molecular weight excluding hydrogens is 369 g/mol. The molecule has 0 unspecified atom stereocenters. The summed E-state index contributed by atoms with van der Waals surface area (Å²) in [4.78, 5) is 10.4. The number of alkyl halides is 1. The van der Waals surface area contributed by atoms with Crippen LogP contribution in [0.3, 0.4) is 0 Å². The highest BCUT2D eigenvalue weighted by Crippen LogP contribution is 2.36. The van der Waals surface area contributed by atoms with Crippen molar-refractivity contribution in [1.82, 2.24) is 0 Å². The fourth-order valence-corrected chi connectivity index (χ4v) is 2.31. The van der Waals surface area contributed by atoms with Crippen LogP contribution in [-0.4, -0.2) is 4.92 Å². The van der Waals surface area contributed by atoms with E-state index in [-0.39, 0.29) is 16.5 Å². The summed E-state index contributed by atoms with van der Waals surface area (Å²) in [5, 5.41) is 12.3. The normalized spacial score (nSPS) is 10.3. The first-order chi connectivity index (χ1) is 9.51. The van der Waals surface area contributed by atoms with Gasteiger partial charge in [0.25, 0.3) is 0 Å². The number of benzene rings is 2. The highest BCUT2D eigenvalue weighted by Gasteiger charge is 2.17. The third-order valence-electron chi connectivity index (χ3n) is 2.49. The van der Waals surface area contributed by atoms with Crippen LogP contribution in [0.15, 0.2) is 36.4 Å². The van der Waals surface area contributed by atoms with Crippen molar-refractivity contribution < 1.29 is 9.66 Å². The maximum absolute atomic E-state index is 11.0. The SMILES string of the molecule is O=[N+]([O-])c1cc(Cl)ccc1Oc1ccc(CBr)cc1Cl. The van der Waals surface area contributed by atoms with Crippen molar-refractivity contribution in [2.24, 2.45) is 0 Å². The van der Waals surface area contributed by atoms with Gasteiger partial charge >= 0.3 is 5.69 Å². The molecule has 0 amide bonds. The van der Waals surface area contributed by atoms with Gasteiger partial charge in [0.2, 0.25) is 5.75 Å². The summed E-state index contributed by atoms with van der Waals surface area (Å²) in [6.45, 7) is 0. The second kappa shape index (κ2) is 6.43. The van der Waals surface area contributed by atoms with E-state index < -0.39 is 4.92 Å². The highest BCUT2D eigenvalue weighted by atomic mass is 79.9. The third-order valence-corrected chi connectivity index (χ3v) is 3.67. The van der Waals surface area contributed by atoms with Crippen molar-refractivity contribution in [2.75, 3.05) is 0 Å². The number of rotatable bonds is 4. The number of hydrogen-bond acceptors (Lipinski definition) is 3. The quantitative estimate of drug-likeness (QED) is 0.397. The lowest BCUT2D eigenvalue weighted by Gasteiger charge is -2.09. The topological polar surface area (TPSA) is 52.4 Å². The lowest BCUT2D eigenvalue weighted by atomic mass is 10.2. The lowest BCUT2D eigenvalue weighted by Crippen LogP contribution is -1.94. The van der Waals surface area contributed by atoms with Gasteiger partial charge < -0.3 is 4.74 Å². The molecule has 104 valence electrons. The molecule has 0 aliphatic rings. The number of ether oxygens (including phenoxy) is 1. The molecule has 20 heavy (non-hydrogen) atoms. The van der Waals surface area contributed by atoms with Crippen LogP contribution in [0.4, 0.5) is 5.69 Å². The van der Waals surface area contributed by atoms with E-state index >= 15 is 0 Å². The second-order valence-corrected chi connectivity index (χ2v) is 5.27. The van der Waals surface area contributed by atoms with Crippen LogP contribution < -0.4 is 4.74 Å². The van der Waals surface area contributed by atoms with E-state index in [2.05, 4.69) is 15.9 Å². The molecule has 0 saturated carbocycles. The minimum absolute atomic E-state index is 0.0906. The molecule has 0 heterocycles. The summed E-state index contributed by atoms with van der Waals surface area (Å²) < 4.78 is 5.51.